The van der Waals surface area contributed by atoms with Gasteiger partial charge in [0.05, 0.1) is 5.66 Å². The van der Waals surface area contributed by atoms with Gasteiger partial charge in [-0.25, -0.2) is 4.57 Å². The molecule has 1 fully saturated rings. The van der Waals surface area contributed by atoms with Gasteiger partial charge in [-0.3, -0.25) is 0 Å². The lowest BCUT2D eigenvalue weighted by molar-refractivity contribution is 0.349. The van der Waals surface area contributed by atoms with Crippen LogP contribution in [0.15, 0.2) is 61.7 Å². The molecule has 0 unspecified atom stereocenters. The van der Waals surface area contributed by atoms with Crippen molar-refractivity contribution in [1.29, 1.82) is 0 Å². The van der Waals surface area contributed by atoms with Crippen LogP contribution in [-0.2, 0) is 4.57 Å². The predicted octanol–water partition coefficient (Wildman–Crippen LogP) is 6.96. The first kappa shape index (κ1) is 18.5. The molecule has 0 atom stereocenters. The zero-order valence-electron chi connectivity index (χ0n) is 15.0. The van der Waals surface area contributed by atoms with Gasteiger partial charge in [-0.15, -0.1) is 0 Å². The van der Waals surface area contributed by atoms with Crippen molar-refractivity contribution in [2.45, 2.75) is 37.8 Å². The Hall–Kier alpha value is -2.25. The lowest BCUT2D eigenvalue weighted by atomic mass is 10.0. The van der Waals surface area contributed by atoms with E-state index in [1.165, 1.54) is 6.42 Å². The largest absolute Gasteiger partial charge is 0.433 e. The number of hydrogen-bond donors (Lipinski definition) is 0. The second-order valence-corrected chi connectivity index (χ2v) is 8.74. The molecule has 3 rings (SSSR count). The van der Waals surface area contributed by atoms with Crippen LogP contribution < -0.4 is 9.05 Å². The normalized spacial score (nSPS) is 15.2. The first-order valence-electron chi connectivity index (χ1n) is 9.07. The van der Waals surface area contributed by atoms with Crippen molar-refractivity contribution >= 4 is 19.7 Å². The van der Waals surface area contributed by atoms with Gasteiger partial charge in [0, 0.05) is 0 Å². The van der Waals surface area contributed by atoms with Gasteiger partial charge in [-0.1, -0.05) is 68.8 Å². The molecule has 4 heteroatoms. The van der Waals surface area contributed by atoms with Crippen LogP contribution in [0.1, 0.15) is 43.2 Å². The van der Waals surface area contributed by atoms with Gasteiger partial charge >= 0.3 is 7.60 Å². The molecular formula is C22H25O3P. The average Bonchev–Trinajstić information content (AvgIpc) is 2.70. The molecule has 3 nitrogen and oxygen atoms in total. The summed E-state index contributed by atoms with van der Waals surface area (Å²) in [4.78, 5) is 0. The first-order chi connectivity index (χ1) is 12.6. The Morgan fingerprint density at radius 3 is 1.58 bits per heavy atom. The van der Waals surface area contributed by atoms with Crippen LogP contribution in [0.3, 0.4) is 0 Å². The molecule has 1 saturated carbocycles. The van der Waals surface area contributed by atoms with Crippen molar-refractivity contribution in [2.75, 3.05) is 0 Å². The lowest BCUT2D eigenvalue weighted by Crippen LogP contribution is -2.19. The standard InChI is InChI=1S/C22H25O3P/c1-3-18-10-14-20(15-11-18)24-26(23,22-8-6-5-7-9-22)25-21-16-12-19(4-2)13-17-21/h3-4,10-17,22H,1-2,5-9H2. The Morgan fingerprint density at radius 2 is 1.19 bits per heavy atom. The van der Waals surface area contributed by atoms with Gasteiger partial charge < -0.3 is 9.05 Å². The highest BCUT2D eigenvalue weighted by atomic mass is 31.2. The summed E-state index contributed by atoms with van der Waals surface area (Å²) < 4.78 is 25.7. The highest BCUT2D eigenvalue weighted by molar-refractivity contribution is 7.55. The van der Waals surface area contributed by atoms with E-state index in [-0.39, 0.29) is 5.66 Å². The number of hydrogen-bond acceptors (Lipinski definition) is 3. The molecule has 26 heavy (non-hydrogen) atoms. The minimum Gasteiger partial charge on any atom is -0.416 e. The van der Waals surface area contributed by atoms with Gasteiger partial charge in [-0.2, -0.15) is 0 Å². The van der Waals surface area contributed by atoms with Gasteiger partial charge in [-0.05, 0) is 48.2 Å². The van der Waals surface area contributed by atoms with E-state index in [1.807, 2.05) is 48.5 Å². The summed E-state index contributed by atoms with van der Waals surface area (Å²) in [5.41, 5.74) is 1.91. The van der Waals surface area contributed by atoms with Crippen LogP contribution in [0.25, 0.3) is 12.2 Å². The Morgan fingerprint density at radius 1 is 0.769 bits per heavy atom. The summed E-state index contributed by atoms with van der Waals surface area (Å²) in [7, 11) is -3.34. The Kier molecular flexibility index (Phi) is 6.00. The van der Waals surface area contributed by atoms with Crippen molar-refractivity contribution in [1.82, 2.24) is 0 Å². The zero-order chi connectivity index (χ0) is 18.4. The Bertz CT molecular complexity index is 730. The molecule has 0 aromatic heterocycles. The maximum atomic E-state index is 13.7. The molecule has 1 aliphatic carbocycles. The van der Waals surface area contributed by atoms with Crippen LogP contribution in [0.5, 0.6) is 11.5 Å². The summed E-state index contributed by atoms with van der Waals surface area (Å²) in [6.07, 6.45) is 8.57. The molecule has 0 bridgehead atoms. The molecule has 0 amide bonds. The first-order valence-corrected chi connectivity index (χ1v) is 10.7. The fourth-order valence-corrected chi connectivity index (χ4v) is 5.35. The van der Waals surface area contributed by atoms with Crippen LogP contribution in [0.4, 0.5) is 0 Å². The van der Waals surface area contributed by atoms with Crippen LogP contribution >= 0.6 is 7.60 Å². The fraction of sp³-hybridized carbons (Fsp3) is 0.273. The molecular weight excluding hydrogens is 343 g/mol. The van der Waals surface area contributed by atoms with Gasteiger partial charge in [0.25, 0.3) is 0 Å². The molecule has 0 radical (unpaired) electrons. The van der Waals surface area contributed by atoms with E-state index in [0.717, 1.165) is 36.8 Å². The highest BCUT2D eigenvalue weighted by Crippen LogP contribution is 2.57. The Balaban J connectivity index is 1.85. The maximum Gasteiger partial charge on any atom is 0.433 e. The van der Waals surface area contributed by atoms with E-state index in [9.17, 15) is 4.57 Å². The quantitative estimate of drug-likeness (QED) is 0.496. The second kappa shape index (κ2) is 8.42. The fourth-order valence-electron chi connectivity index (χ4n) is 3.19. The number of rotatable bonds is 7. The third-order valence-electron chi connectivity index (χ3n) is 4.72. The summed E-state index contributed by atoms with van der Waals surface area (Å²) in [5.74, 6) is 1.12. The minimum absolute atomic E-state index is 0.0746. The third kappa shape index (κ3) is 4.47. The van der Waals surface area contributed by atoms with Gasteiger partial charge in [0.15, 0.2) is 0 Å². The molecule has 136 valence electrons. The van der Waals surface area contributed by atoms with Crippen molar-refractivity contribution in [3.63, 3.8) is 0 Å². The Labute approximate surface area is 155 Å². The van der Waals surface area contributed by atoms with E-state index in [4.69, 9.17) is 9.05 Å². The smallest absolute Gasteiger partial charge is 0.416 e. The molecule has 2 aromatic carbocycles. The monoisotopic (exact) mass is 368 g/mol. The maximum absolute atomic E-state index is 13.7. The summed E-state index contributed by atoms with van der Waals surface area (Å²) in [6.45, 7) is 7.50. The van der Waals surface area contributed by atoms with Gasteiger partial charge in [0.1, 0.15) is 11.5 Å². The van der Waals surface area contributed by atoms with E-state index >= 15 is 0 Å². The van der Waals surface area contributed by atoms with Crippen LogP contribution in [0.2, 0.25) is 0 Å². The minimum atomic E-state index is -3.34. The molecule has 0 saturated heterocycles. The molecule has 0 spiro atoms. The van der Waals surface area contributed by atoms with Gasteiger partial charge in [0.2, 0.25) is 0 Å². The molecule has 0 heterocycles. The molecule has 0 N–H and O–H groups in total. The van der Waals surface area contributed by atoms with E-state index in [1.54, 1.807) is 12.2 Å². The van der Waals surface area contributed by atoms with Crippen LogP contribution in [-0.4, -0.2) is 5.66 Å². The lowest BCUT2D eigenvalue weighted by Gasteiger charge is -2.29. The average molecular weight is 368 g/mol. The molecule has 0 aliphatic heterocycles. The van der Waals surface area contributed by atoms with Crippen LogP contribution in [0, 0.1) is 0 Å². The van der Waals surface area contributed by atoms with Crippen molar-refractivity contribution < 1.29 is 13.6 Å². The van der Waals surface area contributed by atoms with E-state index in [2.05, 4.69) is 13.2 Å². The van der Waals surface area contributed by atoms with E-state index < -0.39 is 7.60 Å². The van der Waals surface area contributed by atoms with Crippen molar-refractivity contribution in [3.8, 4) is 11.5 Å². The predicted molar refractivity (Wildman–Crippen MR) is 109 cm³/mol. The van der Waals surface area contributed by atoms with E-state index in [0.29, 0.717) is 11.5 Å². The summed E-state index contributed by atoms with van der Waals surface area (Å²) in [6, 6.07) is 14.8. The number of benzene rings is 2. The van der Waals surface area contributed by atoms with Crippen molar-refractivity contribution in [3.05, 3.63) is 72.8 Å². The second-order valence-electron chi connectivity index (χ2n) is 6.56. The summed E-state index contributed by atoms with van der Waals surface area (Å²) >= 11 is 0. The molecule has 2 aromatic rings. The highest BCUT2D eigenvalue weighted by Gasteiger charge is 2.39. The topological polar surface area (TPSA) is 35.5 Å². The summed E-state index contributed by atoms with van der Waals surface area (Å²) in [5, 5.41) is 0. The van der Waals surface area contributed by atoms with Crippen molar-refractivity contribution in [2.24, 2.45) is 0 Å². The SMILES string of the molecule is C=Cc1ccc(OP(=O)(Oc2ccc(C=C)cc2)C2CCCCC2)cc1. The molecule has 1 aliphatic rings. The zero-order valence-corrected chi connectivity index (χ0v) is 15.9. The third-order valence-corrected chi connectivity index (χ3v) is 7.06.